The zero-order valence-corrected chi connectivity index (χ0v) is 11.8. The van der Waals surface area contributed by atoms with Gasteiger partial charge >= 0.3 is 0 Å². The lowest BCUT2D eigenvalue weighted by atomic mass is 9.94. The summed E-state index contributed by atoms with van der Waals surface area (Å²) in [6.45, 7) is 5.50. The van der Waals surface area contributed by atoms with Crippen molar-refractivity contribution in [2.75, 3.05) is 12.3 Å². The minimum absolute atomic E-state index is 0.00243. The number of nitrogens with two attached hydrogens (primary N) is 1. The van der Waals surface area contributed by atoms with Gasteiger partial charge in [0.1, 0.15) is 0 Å². The molecule has 1 amide bonds. The summed E-state index contributed by atoms with van der Waals surface area (Å²) in [5.41, 5.74) is 4.11. The van der Waals surface area contributed by atoms with E-state index < -0.39 is 23.1 Å². The average Bonchev–Trinajstić information content (AvgIpc) is 2.29. The number of carbonyl (C=O) groups is 1. The van der Waals surface area contributed by atoms with Crippen molar-refractivity contribution in [3.63, 3.8) is 0 Å². The predicted molar refractivity (Wildman–Crippen MR) is 73.2 cm³/mol. The summed E-state index contributed by atoms with van der Waals surface area (Å²) in [5, 5.41) is 12.5. The molecule has 0 aliphatic rings. The number of hydrogen-bond donors (Lipinski definition) is 3. The maximum Gasteiger partial charge on any atom is 0.253 e. The Balaban J connectivity index is 2.75. The van der Waals surface area contributed by atoms with E-state index in [0.29, 0.717) is 6.42 Å². The number of halogens is 2. The number of amides is 1. The van der Waals surface area contributed by atoms with Gasteiger partial charge in [-0.2, -0.15) is 0 Å². The molecule has 0 saturated heterocycles. The van der Waals surface area contributed by atoms with E-state index in [-0.39, 0.29) is 23.7 Å². The van der Waals surface area contributed by atoms with Gasteiger partial charge in [0, 0.05) is 18.3 Å². The molecule has 4 N–H and O–H groups in total. The minimum atomic E-state index is -1.14. The van der Waals surface area contributed by atoms with E-state index in [0.717, 1.165) is 12.1 Å². The molecule has 20 heavy (non-hydrogen) atoms. The summed E-state index contributed by atoms with van der Waals surface area (Å²) in [4.78, 5) is 11.9. The van der Waals surface area contributed by atoms with E-state index in [1.807, 2.05) is 13.8 Å². The Morgan fingerprint density at radius 3 is 2.50 bits per heavy atom. The molecule has 0 saturated carbocycles. The number of hydrogen-bond acceptors (Lipinski definition) is 3. The first-order valence-electron chi connectivity index (χ1n) is 6.37. The quantitative estimate of drug-likeness (QED) is 0.725. The van der Waals surface area contributed by atoms with Gasteiger partial charge < -0.3 is 16.2 Å². The molecule has 0 aliphatic heterocycles. The second kappa shape index (κ2) is 6.17. The number of benzene rings is 1. The fourth-order valence-corrected chi connectivity index (χ4v) is 2.08. The second-order valence-electron chi connectivity index (χ2n) is 5.63. The summed E-state index contributed by atoms with van der Waals surface area (Å²) in [6, 6.07) is 1.51. The van der Waals surface area contributed by atoms with Crippen LogP contribution in [0.25, 0.3) is 0 Å². The van der Waals surface area contributed by atoms with Gasteiger partial charge in [-0.15, -0.1) is 0 Å². The van der Waals surface area contributed by atoms with Crippen molar-refractivity contribution in [2.24, 2.45) is 5.92 Å². The molecule has 112 valence electrons. The van der Waals surface area contributed by atoms with Crippen LogP contribution in [0.3, 0.4) is 0 Å². The Morgan fingerprint density at radius 2 is 1.95 bits per heavy atom. The minimum Gasteiger partial charge on any atom is -0.398 e. The van der Waals surface area contributed by atoms with Crippen LogP contribution in [-0.4, -0.2) is 23.2 Å². The standard InChI is InChI=1S/C14H20F2N2O2/c1-8(2)6-14(3,20)7-18-13(19)9-4-10(15)11(16)5-12(9)17/h4-5,8,20H,6-7,17H2,1-3H3,(H,18,19). The van der Waals surface area contributed by atoms with Crippen molar-refractivity contribution in [3.05, 3.63) is 29.3 Å². The van der Waals surface area contributed by atoms with Crippen LogP contribution < -0.4 is 11.1 Å². The number of nitrogen functional groups attached to an aromatic ring is 1. The van der Waals surface area contributed by atoms with E-state index >= 15 is 0 Å². The third kappa shape index (κ3) is 4.45. The molecule has 1 atom stereocenters. The molecule has 6 heteroatoms. The van der Waals surface area contributed by atoms with Gasteiger partial charge in [0.15, 0.2) is 11.6 Å². The van der Waals surface area contributed by atoms with Crippen LogP contribution in [0.2, 0.25) is 0 Å². The number of carbonyl (C=O) groups excluding carboxylic acids is 1. The van der Waals surface area contributed by atoms with Gasteiger partial charge in [0.05, 0.1) is 11.2 Å². The molecule has 1 aromatic carbocycles. The van der Waals surface area contributed by atoms with Crippen LogP contribution in [-0.2, 0) is 0 Å². The van der Waals surface area contributed by atoms with Gasteiger partial charge in [-0.3, -0.25) is 4.79 Å². The van der Waals surface area contributed by atoms with Gasteiger partial charge in [0.25, 0.3) is 5.91 Å². The fourth-order valence-electron chi connectivity index (χ4n) is 2.08. The molecule has 0 bridgehead atoms. The largest absolute Gasteiger partial charge is 0.398 e. The molecule has 0 radical (unpaired) electrons. The van der Waals surface area contributed by atoms with E-state index in [9.17, 15) is 18.7 Å². The van der Waals surface area contributed by atoms with Crippen molar-refractivity contribution in [1.29, 1.82) is 0 Å². The molecule has 0 aliphatic carbocycles. The van der Waals surface area contributed by atoms with Gasteiger partial charge in [0.2, 0.25) is 0 Å². The maximum atomic E-state index is 13.1. The predicted octanol–water partition coefficient (Wildman–Crippen LogP) is 2.07. The van der Waals surface area contributed by atoms with Crippen molar-refractivity contribution in [1.82, 2.24) is 5.32 Å². The Bertz CT molecular complexity index is 502. The molecule has 4 nitrogen and oxygen atoms in total. The molecule has 0 spiro atoms. The molecule has 0 heterocycles. The lowest BCUT2D eigenvalue weighted by Gasteiger charge is -2.25. The molecule has 1 rings (SSSR count). The zero-order valence-electron chi connectivity index (χ0n) is 11.8. The summed E-state index contributed by atoms with van der Waals surface area (Å²) in [6.07, 6.45) is 0.501. The topological polar surface area (TPSA) is 75.3 Å². The first-order valence-corrected chi connectivity index (χ1v) is 6.37. The van der Waals surface area contributed by atoms with Crippen molar-refractivity contribution in [2.45, 2.75) is 32.8 Å². The molecular formula is C14H20F2N2O2. The van der Waals surface area contributed by atoms with Crippen molar-refractivity contribution in [3.8, 4) is 0 Å². The molecule has 0 fully saturated rings. The van der Waals surface area contributed by atoms with E-state index in [1.54, 1.807) is 6.92 Å². The van der Waals surface area contributed by atoms with Gasteiger partial charge in [-0.1, -0.05) is 13.8 Å². The fraction of sp³-hybridized carbons (Fsp3) is 0.500. The number of anilines is 1. The van der Waals surface area contributed by atoms with E-state index in [2.05, 4.69) is 5.32 Å². The monoisotopic (exact) mass is 286 g/mol. The highest BCUT2D eigenvalue weighted by Gasteiger charge is 2.23. The normalized spacial score (nSPS) is 14.2. The molecular weight excluding hydrogens is 266 g/mol. The first-order chi connectivity index (χ1) is 9.12. The molecule has 1 aromatic rings. The molecule has 0 aromatic heterocycles. The highest BCUT2D eigenvalue weighted by Crippen LogP contribution is 2.18. The first kappa shape index (κ1) is 16.4. The van der Waals surface area contributed by atoms with Crippen LogP contribution in [0.1, 0.15) is 37.6 Å². The van der Waals surface area contributed by atoms with E-state index in [1.165, 1.54) is 0 Å². The molecule has 1 unspecified atom stereocenters. The Kier molecular flexibility index (Phi) is 5.05. The third-order valence-electron chi connectivity index (χ3n) is 2.81. The van der Waals surface area contributed by atoms with Crippen LogP contribution in [0.4, 0.5) is 14.5 Å². The van der Waals surface area contributed by atoms with Crippen LogP contribution in [0, 0.1) is 17.6 Å². The van der Waals surface area contributed by atoms with Crippen LogP contribution in [0.15, 0.2) is 12.1 Å². The van der Waals surface area contributed by atoms with Crippen LogP contribution >= 0.6 is 0 Å². The summed E-state index contributed by atoms with van der Waals surface area (Å²) in [5.74, 6) is -2.63. The van der Waals surface area contributed by atoms with E-state index in [4.69, 9.17) is 5.73 Å². The number of rotatable bonds is 5. The van der Waals surface area contributed by atoms with Crippen LogP contribution in [0.5, 0.6) is 0 Å². The smallest absolute Gasteiger partial charge is 0.253 e. The summed E-state index contributed by atoms with van der Waals surface area (Å²) < 4.78 is 26.0. The SMILES string of the molecule is CC(C)CC(C)(O)CNC(=O)c1cc(F)c(F)cc1N. The van der Waals surface area contributed by atoms with Crippen molar-refractivity contribution >= 4 is 11.6 Å². The third-order valence-corrected chi connectivity index (χ3v) is 2.81. The highest BCUT2D eigenvalue weighted by molar-refractivity contribution is 5.99. The Morgan fingerprint density at radius 1 is 1.40 bits per heavy atom. The second-order valence-corrected chi connectivity index (χ2v) is 5.63. The summed E-state index contributed by atoms with van der Waals surface area (Å²) in [7, 11) is 0. The number of nitrogens with one attached hydrogen (secondary N) is 1. The Hall–Kier alpha value is -1.69. The average molecular weight is 286 g/mol. The summed E-state index contributed by atoms with van der Waals surface area (Å²) >= 11 is 0. The van der Waals surface area contributed by atoms with Gasteiger partial charge in [-0.05, 0) is 25.3 Å². The Labute approximate surface area is 117 Å². The van der Waals surface area contributed by atoms with Gasteiger partial charge in [-0.25, -0.2) is 8.78 Å². The zero-order chi connectivity index (χ0) is 15.5. The highest BCUT2D eigenvalue weighted by atomic mass is 19.2. The number of aliphatic hydroxyl groups is 1. The maximum absolute atomic E-state index is 13.1. The van der Waals surface area contributed by atoms with Crippen molar-refractivity contribution < 1.29 is 18.7 Å². The lowest BCUT2D eigenvalue weighted by Crippen LogP contribution is -2.41. The lowest BCUT2D eigenvalue weighted by molar-refractivity contribution is 0.0368.